The van der Waals surface area contributed by atoms with E-state index in [4.69, 9.17) is 0 Å². The van der Waals surface area contributed by atoms with Gasteiger partial charge in [-0.3, -0.25) is 4.72 Å². The third kappa shape index (κ3) is 3.46. The number of nitrogens with one attached hydrogen (secondary N) is 2. The lowest BCUT2D eigenvalue weighted by Gasteiger charge is -2.14. The molecule has 1 unspecified atom stereocenters. The summed E-state index contributed by atoms with van der Waals surface area (Å²) in [5.74, 6) is 0.138. The molecule has 0 saturated carbocycles. The largest absolute Gasteiger partial charge is 0.313 e. The summed E-state index contributed by atoms with van der Waals surface area (Å²) in [5.41, 5.74) is 1.54. The van der Waals surface area contributed by atoms with E-state index in [2.05, 4.69) is 26.0 Å². The van der Waals surface area contributed by atoms with Gasteiger partial charge in [-0.2, -0.15) is 0 Å². The van der Waals surface area contributed by atoms with Crippen molar-refractivity contribution in [3.05, 3.63) is 28.2 Å². The van der Waals surface area contributed by atoms with Crippen LogP contribution in [0.4, 0.5) is 5.69 Å². The molecule has 18 heavy (non-hydrogen) atoms. The van der Waals surface area contributed by atoms with Crippen molar-refractivity contribution in [1.82, 2.24) is 5.32 Å². The van der Waals surface area contributed by atoms with Gasteiger partial charge in [0.15, 0.2) is 0 Å². The molecule has 1 atom stereocenters. The Morgan fingerprint density at radius 2 is 2.28 bits per heavy atom. The number of sulfonamides is 1. The molecule has 1 saturated heterocycles. The minimum atomic E-state index is -3.29. The van der Waals surface area contributed by atoms with Crippen LogP contribution in [-0.2, 0) is 10.0 Å². The van der Waals surface area contributed by atoms with E-state index in [1.807, 2.05) is 19.1 Å². The summed E-state index contributed by atoms with van der Waals surface area (Å²) in [6.45, 7) is 2.80. The second kappa shape index (κ2) is 5.59. The Hall–Kier alpha value is -0.590. The first-order valence-electron chi connectivity index (χ1n) is 5.97. The average molecular weight is 333 g/mol. The first kappa shape index (κ1) is 13.8. The lowest BCUT2D eigenvalue weighted by Crippen LogP contribution is -2.32. The lowest BCUT2D eigenvalue weighted by atomic mass is 10.2. The Balaban J connectivity index is 2.09. The van der Waals surface area contributed by atoms with Gasteiger partial charge in [0, 0.05) is 10.5 Å². The van der Waals surface area contributed by atoms with E-state index in [9.17, 15) is 8.42 Å². The standard InChI is InChI=1S/C12H17BrN2O2S/c1-9-11(13)5-2-6-12(9)15-18(16,17)8-10-4-3-7-14-10/h2,5-6,10,14-15H,3-4,7-8H2,1H3. The highest BCUT2D eigenvalue weighted by Gasteiger charge is 2.22. The number of anilines is 1. The predicted molar refractivity (Wildman–Crippen MR) is 77.3 cm³/mol. The van der Waals surface area contributed by atoms with Crippen LogP contribution < -0.4 is 10.0 Å². The van der Waals surface area contributed by atoms with Crippen LogP contribution in [0, 0.1) is 6.92 Å². The second-order valence-corrected chi connectivity index (χ2v) is 7.21. The fourth-order valence-corrected chi connectivity index (χ4v) is 3.91. The second-order valence-electron chi connectivity index (χ2n) is 4.59. The van der Waals surface area contributed by atoms with Crippen LogP contribution in [0.3, 0.4) is 0 Å². The third-order valence-electron chi connectivity index (χ3n) is 3.12. The summed E-state index contributed by atoms with van der Waals surface area (Å²) < 4.78 is 27.7. The number of hydrogen-bond donors (Lipinski definition) is 2. The average Bonchev–Trinajstić information content (AvgIpc) is 2.76. The summed E-state index contributed by atoms with van der Waals surface area (Å²) in [4.78, 5) is 0. The Morgan fingerprint density at radius 1 is 1.50 bits per heavy atom. The van der Waals surface area contributed by atoms with Gasteiger partial charge in [0.1, 0.15) is 0 Å². The van der Waals surface area contributed by atoms with Gasteiger partial charge in [-0.1, -0.05) is 22.0 Å². The van der Waals surface area contributed by atoms with Crippen molar-refractivity contribution in [1.29, 1.82) is 0 Å². The molecule has 0 aliphatic carbocycles. The molecular weight excluding hydrogens is 316 g/mol. The summed E-state index contributed by atoms with van der Waals surface area (Å²) in [6.07, 6.45) is 1.98. The van der Waals surface area contributed by atoms with Crippen molar-refractivity contribution >= 4 is 31.6 Å². The molecule has 1 aromatic carbocycles. The number of hydrogen-bond acceptors (Lipinski definition) is 3. The molecule has 1 aliphatic heterocycles. The zero-order valence-corrected chi connectivity index (χ0v) is 12.6. The molecule has 0 bridgehead atoms. The van der Waals surface area contributed by atoms with E-state index in [1.165, 1.54) is 0 Å². The van der Waals surface area contributed by atoms with E-state index in [1.54, 1.807) is 6.07 Å². The monoisotopic (exact) mass is 332 g/mol. The van der Waals surface area contributed by atoms with E-state index >= 15 is 0 Å². The molecule has 0 aromatic heterocycles. The minimum Gasteiger partial charge on any atom is -0.313 e. The maximum Gasteiger partial charge on any atom is 0.234 e. The van der Waals surface area contributed by atoms with Crippen LogP contribution in [0.15, 0.2) is 22.7 Å². The molecule has 6 heteroatoms. The summed E-state index contributed by atoms with van der Waals surface area (Å²) in [7, 11) is -3.29. The molecule has 100 valence electrons. The van der Waals surface area contributed by atoms with Crippen molar-refractivity contribution in [2.45, 2.75) is 25.8 Å². The van der Waals surface area contributed by atoms with Crippen LogP contribution in [0.25, 0.3) is 0 Å². The number of rotatable bonds is 4. The summed E-state index contributed by atoms with van der Waals surface area (Å²) >= 11 is 3.39. The van der Waals surface area contributed by atoms with Crippen molar-refractivity contribution < 1.29 is 8.42 Å². The highest BCUT2D eigenvalue weighted by atomic mass is 79.9. The molecule has 0 spiro atoms. The molecule has 1 fully saturated rings. The van der Waals surface area contributed by atoms with Gasteiger partial charge in [0.05, 0.1) is 11.4 Å². The molecule has 2 N–H and O–H groups in total. The van der Waals surface area contributed by atoms with Gasteiger partial charge >= 0.3 is 0 Å². The number of benzene rings is 1. The Bertz CT molecular complexity index is 525. The fraction of sp³-hybridized carbons (Fsp3) is 0.500. The quantitative estimate of drug-likeness (QED) is 0.889. The summed E-state index contributed by atoms with van der Waals surface area (Å²) in [5, 5.41) is 3.20. The molecule has 1 aromatic rings. The SMILES string of the molecule is Cc1c(Br)cccc1NS(=O)(=O)CC1CCCN1. The predicted octanol–water partition coefficient (Wildman–Crippen LogP) is 2.25. The van der Waals surface area contributed by atoms with E-state index in [-0.39, 0.29) is 11.8 Å². The highest BCUT2D eigenvalue weighted by Crippen LogP contribution is 2.24. The van der Waals surface area contributed by atoms with E-state index in [0.717, 1.165) is 29.4 Å². The lowest BCUT2D eigenvalue weighted by molar-refractivity contribution is 0.581. The molecule has 1 aliphatic rings. The number of halogens is 1. The molecule has 2 rings (SSSR count). The smallest absolute Gasteiger partial charge is 0.234 e. The van der Waals surface area contributed by atoms with Gasteiger partial charge in [-0.15, -0.1) is 0 Å². The maximum absolute atomic E-state index is 12.1. The van der Waals surface area contributed by atoms with Crippen molar-refractivity contribution in [2.24, 2.45) is 0 Å². The van der Waals surface area contributed by atoms with Gasteiger partial charge in [0.2, 0.25) is 10.0 Å². The van der Waals surface area contributed by atoms with Gasteiger partial charge in [-0.25, -0.2) is 8.42 Å². The first-order chi connectivity index (χ1) is 8.48. The normalized spacial score (nSPS) is 20.0. The first-order valence-corrected chi connectivity index (χ1v) is 8.41. The van der Waals surface area contributed by atoms with Gasteiger partial charge < -0.3 is 5.32 Å². The van der Waals surface area contributed by atoms with E-state index < -0.39 is 10.0 Å². The van der Waals surface area contributed by atoms with Crippen LogP contribution in [0.5, 0.6) is 0 Å². The van der Waals surface area contributed by atoms with Gasteiger partial charge in [0.25, 0.3) is 0 Å². The summed E-state index contributed by atoms with van der Waals surface area (Å²) in [6, 6.07) is 5.57. The molecule has 0 amide bonds. The molecule has 1 heterocycles. The van der Waals surface area contributed by atoms with Crippen molar-refractivity contribution in [3.63, 3.8) is 0 Å². The Kier molecular flexibility index (Phi) is 4.29. The molecular formula is C12H17BrN2O2S. The fourth-order valence-electron chi connectivity index (χ4n) is 2.09. The maximum atomic E-state index is 12.1. The Labute approximate surface area is 116 Å². The van der Waals surface area contributed by atoms with Crippen LogP contribution in [0.2, 0.25) is 0 Å². The van der Waals surface area contributed by atoms with Crippen LogP contribution in [-0.4, -0.2) is 26.8 Å². The molecule has 0 radical (unpaired) electrons. The molecule has 4 nitrogen and oxygen atoms in total. The van der Waals surface area contributed by atoms with Crippen LogP contribution in [0.1, 0.15) is 18.4 Å². The zero-order valence-electron chi connectivity index (χ0n) is 10.2. The highest BCUT2D eigenvalue weighted by molar-refractivity contribution is 9.10. The van der Waals surface area contributed by atoms with Crippen molar-refractivity contribution in [2.75, 3.05) is 17.0 Å². The van der Waals surface area contributed by atoms with Crippen molar-refractivity contribution in [3.8, 4) is 0 Å². The Morgan fingerprint density at radius 3 is 2.94 bits per heavy atom. The van der Waals surface area contributed by atoms with E-state index in [0.29, 0.717) is 5.69 Å². The minimum absolute atomic E-state index is 0.0787. The topological polar surface area (TPSA) is 58.2 Å². The van der Waals surface area contributed by atoms with Gasteiger partial charge in [-0.05, 0) is 44.0 Å². The third-order valence-corrected chi connectivity index (χ3v) is 5.35. The zero-order chi connectivity index (χ0) is 13.2. The van der Waals surface area contributed by atoms with Crippen LogP contribution >= 0.6 is 15.9 Å².